The van der Waals surface area contributed by atoms with E-state index in [0.717, 1.165) is 54.8 Å². The molecule has 0 bridgehead atoms. The van der Waals surface area contributed by atoms with Crippen LogP contribution >= 0.6 is 0 Å². The van der Waals surface area contributed by atoms with Crippen LogP contribution in [-0.2, 0) is 0 Å². The summed E-state index contributed by atoms with van der Waals surface area (Å²) in [5.74, 6) is 2.10. The van der Waals surface area contributed by atoms with Gasteiger partial charge in [0.25, 0.3) is 5.91 Å². The third-order valence-electron chi connectivity index (χ3n) is 5.21. The second-order valence-electron chi connectivity index (χ2n) is 7.19. The first kappa shape index (κ1) is 14.7. The molecule has 1 saturated carbocycles. The van der Waals surface area contributed by atoms with E-state index in [1.807, 2.05) is 17.0 Å². The quantitative estimate of drug-likeness (QED) is 0.791. The zero-order valence-corrected chi connectivity index (χ0v) is 14.2. The number of imidazole rings is 1. The molecule has 0 unspecified atom stereocenters. The number of nitrogens with zero attached hydrogens (tertiary/aromatic N) is 3. The van der Waals surface area contributed by atoms with Gasteiger partial charge in [0, 0.05) is 18.5 Å². The summed E-state index contributed by atoms with van der Waals surface area (Å²) >= 11 is 0. The molecule has 6 heteroatoms. The summed E-state index contributed by atoms with van der Waals surface area (Å²) in [4.78, 5) is 22.9. The van der Waals surface area contributed by atoms with Gasteiger partial charge in [-0.15, -0.1) is 0 Å². The lowest BCUT2D eigenvalue weighted by Crippen LogP contribution is -2.31. The van der Waals surface area contributed by atoms with Gasteiger partial charge in [-0.3, -0.25) is 4.79 Å². The van der Waals surface area contributed by atoms with Gasteiger partial charge in [0.1, 0.15) is 11.6 Å². The van der Waals surface area contributed by atoms with Gasteiger partial charge in [0.05, 0.1) is 17.1 Å². The van der Waals surface area contributed by atoms with Gasteiger partial charge in [-0.25, -0.2) is 4.98 Å². The smallest absolute Gasteiger partial charge is 0.276 e. The SMILES string of the molecule is Cc1ccc2nc([C@@H]3CCCN3C(=O)c3cc(C4CC4)on3)[nH]c2c1. The second-order valence-corrected chi connectivity index (χ2v) is 7.19. The molecule has 1 N–H and O–H groups in total. The van der Waals surface area contributed by atoms with Crippen LogP contribution in [0.25, 0.3) is 11.0 Å². The van der Waals surface area contributed by atoms with Crippen molar-refractivity contribution in [2.24, 2.45) is 0 Å². The first-order valence-electron chi connectivity index (χ1n) is 8.93. The van der Waals surface area contributed by atoms with Gasteiger partial charge in [0.2, 0.25) is 0 Å². The first-order valence-corrected chi connectivity index (χ1v) is 8.93. The predicted molar refractivity (Wildman–Crippen MR) is 92.3 cm³/mol. The van der Waals surface area contributed by atoms with Crippen LogP contribution in [0.2, 0.25) is 0 Å². The molecule has 0 radical (unpaired) electrons. The molecule has 0 spiro atoms. The van der Waals surface area contributed by atoms with E-state index >= 15 is 0 Å². The summed E-state index contributed by atoms with van der Waals surface area (Å²) in [5.41, 5.74) is 3.57. The van der Waals surface area contributed by atoms with Gasteiger partial charge in [0.15, 0.2) is 5.69 Å². The maximum Gasteiger partial charge on any atom is 0.276 e. The number of aromatic amines is 1. The Hall–Kier alpha value is -2.63. The molecule has 1 amide bonds. The van der Waals surface area contributed by atoms with Gasteiger partial charge in [-0.05, 0) is 50.3 Å². The molecule has 1 aliphatic carbocycles. The summed E-state index contributed by atoms with van der Waals surface area (Å²) in [6.45, 7) is 2.79. The molecule has 25 heavy (non-hydrogen) atoms. The number of aromatic nitrogens is 3. The maximum absolute atomic E-state index is 12.9. The van der Waals surface area contributed by atoms with Crippen molar-refractivity contribution in [2.75, 3.05) is 6.54 Å². The largest absolute Gasteiger partial charge is 0.360 e. The molecular formula is C19H20N4O2. The fourth-order valence-electron chi connectivity index (χ4n) is 3.69. The van der Waals surface area contributed by atoms with Crippen molar-refractivity contribution in [3.8, 4) is 0 Å². The minimum absolute atomic E-state index is 0.0266. The van der Waals surface area contributed by atoms with Crippen LogP contribution in [0.5, 0.6) is 0 Å². The molecule has 1 saturated heterocycles. The van der Waals surface area contributed by atoms with E-state index in [9.17, 15) is 4.79 Å². The highest BCUT2D eigenvalue weighted by atomic mass is 16.5. The molecule has 6 nitrogen and oxygen atoms in total. The maximum atomic E-state index is 12.9. The Kier molecular flexibility index (Phi) is 3.20. The average Bonchev–Trinajstić information content (AvgIpc) is 3.05. The molecule has 1 atom stereocenters. The van der Waals surface area contributed by atoms with Crippen molar-refractivity contribution in [3.63, 3.8) is 0 Å². The number of carbonyl (C=O) groups excluding carboxylic acids is 1. The molecule has 1 aliphatic heterocycles. The first-order chi connectivity index (χ1) is 12.2. The number of aryl methyl sites for hydroxylation is 1. The number of H-pyrrole nitrogens is 1. The van der Waals surface area contributed by atoms with Crippen LogP contribution in [0.4, 0.5) is 0 Å². The molecule has 2 aliphatic rings. The second kappa shape index (κ2) is 5.44. The zero-order chi connectivity index (χ0) is 17.0. The van der Waals surface area contributed by atoms with Crippen LogP contribution in [0.1, 0.15) is 65.3 Å². The fourth-order valence-corrected chi connectivity index (χ4v) is 3.69. The number of likely N-dealkylation sites (tertiary alicyclic amines) is 1. The summed E-state index contributed by atoms with van der Waals surface area (Å²) in [5, 5.41) is 4.01. The lowest BCUT2D eigenvalue weighted by atomic mass is 10.2. The van der Waals surface area contributed by atoms with Gasteiger partial charge < -0.3 is 14.4 Å². The lowest BCUT2D eigenvalue weighted by molar-refractivity contribution is 0.0720. The molecule has 2 fully saturated rings. The number of nitrogens with one attached hydrogen (secondary N) is 1. The van der Waals surface area contributed by atoms with Crippen LogP contribution in [0.15, 0.2) is 28.8 Å². The Morgan fingerprint density at radius 1 is 1.28 bits per heavy atom. The Balaban J connectivity index is 1.44. The van der Waals surface area contributed by atoms with Gasteiger partial charge in [-0.1, -0.05) is 11.2 Å². The van der Waals surface area contributed by atoms with Crippen LogP contribution < -0.4 is 0 Å². The van der Waals surface area contributed by atoms with E-state index in [0.29, 0.717) is 11.6 Å². The van der Waals surface area contributed by atoms with E-state index in [-0.39, 0.29) is 11.9 Å². The topological polar surface area (TPSA) is 75.0 Å². The van der Waals surface area contributed by atoms with E-state index in [1.54, 1.807) is 0 Å². The van der Waals surface area contributed by atoms with Gasteiger partial charge >= 0.3 is 0 Å². The highest BCUT2D eigenvalue weighted by Crippen LogP contribution is 2.40. The van der Waals surface area contributed by atoms with E-state index in [4.69, 9.17) is 9.51 Å². The minimum atomic E-state index is -0.0604. The van der Waals surface area contributed by atoms with Crippen LogP contribution in [0.3, 0.4) is 0 Å². The highest BCUT2D eigenvalue weighted by Gasteiger charge is 2.35. The van der Waals surface area contributed by atoms with E-state index in [2.05, 4.69) is 29.2 Å². The van der Waals surface area contributed by atoms with Crippen molar-refractivity contribution >= 4 is 16.9 Å². The van der Waals surface area contributed by atoms with E-state index in [1.165, 1.54) is 5.56 Å². The molecule has 3 aromatic rings. The number of amides is 1. The molecule has 1 aromatic carbocycles. The Bertz CT molecular complexity index is 953. The third-order valence-corrected chi connectivity index (χ3v) is 5.21. The van der Waals surface area contributed by atoms with Crippen molar-refractivity contribution in [3.05, 3.63) is 47.1 Å². The molecule has 2 aromatic heterocycles. The standard InChI is InChI=1S/C19H20N4O2/c1-11-4-7-13-14(9-11)21-18(20-13)16-3-2-8-23(16)19(24)15-10-17(25-22-15)12-5-6-12/h4,7,9-10,12,16H,2-3,5-6,8H2,1H3,(H,20,21)/t16-/m0/s1. The third kappa shape index (κ3) is 2.52. The fraction of sp³-hybridized carbons (Fsp3) is 0.421. The van der Waals surface area contributed by atoms with Crippen molar-refractivity contribution < 1.29 is 9.32 Å². The van der Waals surface area contributed by atoms with Gasteiger partial charge in [-0.2, -0.15) is 0 Å². The Morgan fingerprint density at radius 3 is 3.00 bits per heavy atom. The minimum Gasteiger partial charge on any atom is -0.360 e. The zero-order valence-electron chi connectivity index (χ0n) is 14.2. The Labute approximate surface area is 145 Å². The number of hydrogen-bond acceptors (Lipinski definition) is 4. The van der Waals surface area contributed by atoms with Crippen molar-refractivity contribution in [2.45, 2.75) is 44.6 Å². The molecular weight excluding hydrogens is 316 g/mol. The Morgan fingerprint density at radius 2 is 2.16 bits per heavy atom. The molecule has 3 heterocycles. The number of hydrogen-bond donors (Lipinski definition) is 1. The number of rotatable bonds is 3. The average molecular weight is 336 g/mol. The van der Waals surface area contributed by atoms with Crippen LogP contribution in [-0.4, -0.2) is 32.5 Å². The number of benzene rings is 1. The number of fused-ring (bicyclic) bond motifs is 1. The predicted octanol–water partition coefficient (Wildman–Crippen LogP) is 3.71. The number of carbonyl (C=O) groups is 1. The molecule has 128 valence electrons. The monoisotopic (exact) mass is 336 g/mol. The molecule has 5 rings (SSSR count). The van der Waals surface area contributed by atoms with Crippen LogP contribution in [0, 0.1) is 6.92 Å². The normalized spacial score (nSPS) is 20.5. The lowest BCUT2D eigenvalue weighted by Gasteiger charge is -2.21. The van der Waals surface area contributed by atoms with Crippen molar-refractivity contribution in [1.29, 1.82) is 0 Å². The highest BCUT2D eigenvalue weighted by molar-refractivity contribution is 5.92. The summed E-state index contributed by atoms with van der Waals surface area (Å²) in [6, 6.07) is 7.95. The summed E-state index contributed by atoms with van der Waals surface area (Å²) in [7, 11) is 0. The van der Waals surface area contributed by atoms with E-state index < -0.39 is 0 Å². The summed E-state index contributed by atoms with van der Waals surface area (Å²) in [6.07, 6.45) is 4.15. The van der Waals surface area contributed by atoms with Crippen molar-refractivity contribution in [1.82, 2.24) is 20.0 Å². The summed E-state index contributed by atoms with van der Waals surface area (Å²) < 4.78 is 5.35.